The molecule has 0 aromatic heterocycles. The molecule has 1 aliphatic heterocycles. The summed E-state index contributed by atoms with van der Waals surface area (Å²) in [5.41, 5.74) is 0.667. The van der Waals surface area contributed by atoms with Crippen molar-refractivity contribution in [3.63, 3.8) is 0 Å². The van der Waals surface area contributed by atoms with Crippen LogP contribution in [0.25, 0.3) is 0 Å². The number of amides is 2. The summed E-state index contributed by atoms with van der Waals surface area (Å²) in [6.07, 6.45) is 1.79. The second-order valence-corrected chi connectivity index (χ2v) is 4.48. The molecule has 0 radical (unpaired) electrons. The second-order valence-electron chi connectivity index (χ2n) is 3.66. The number of nitrogens with zero attached hydrogens (tertiary/aromatic N) is 1. The maximum Gasteiger partial charge on any atom is 0.327 e. The predicted molar refractivity (Wildman–Crippen MR) is 66.3 cm³/mol. The molecule has 2 amide bonds. The first-order valence-electron chi connectivity index (χ1n) is 5.25. The Labute approximate surface area is 108 Å². The summed E-state index contributed by atoms with van der Waals surface area (Å²) in [4.78, 5) is 36.1. The van der Waals surface area contributed by atoms with Gasteiger partial charge in [-0.25, -0.2) is 0 Å². The van der Waals surface area contributed by atoms with Crippen molar-refractivity contribution in [2.75, 3.05) is 18.7 Å². The summed E-state index contributed by atoms with van der Waals surface area (Å²) in [5, 5.41) is 0. The van der Waals surface area contributed by atoms with E-state index in [0.717, 1.165) is 4.90 Å². The van der Waals surface area contributed by atoms with E-state index in [0.29, 0.717) is 11.1 Å². The number of carbonyl (C=O) groups is 3. The average Bonchev–Trinajstić information content (AvgIpc) is 2.62. The molecule has 6 heteroatoms. The van der Waals surface area contributed by atoms with Crippen LogP contribution in [0.1, 0.15) is 20.7 Å². The minimum atomic E-state index is -0.584. The molecule has 0 saturated carbocycles. The lowest BCUT2D eigenvalue weighted by Crippen LogP contribution is -2.35. The zero-order valence-electron chi connectivity index (χ0n) is 9.71. The van der Waals surface area contributed by atoms with Gasteiger partial charge in [0.1, 0.15) is 12.5 Å². The minimum absolute atomic E-state index is 0.210. The first kappa shape index (κ1) is 12.6. The van der Waals surface area contributed by atoms with E-state index < -0.39 is 17.8 Å². The third kappa shape index (κ3) is 2.24. The highest BCUT2D eigenvalue weighted by Gasteiger charge is 2.36. The third-order valence-corrected chi connectivity index (χ3v) is 2.86. The van der Waals surface area contributed by atoms with E-state index in [1.165, 1.54) is 11.8 Å². The number of rotatable bonds is 4. The number of fused-ring (bicyclic) bond motifs is 1. The standard InChI is InChI=1S/C12H11NO4S/c1-18-7-17-10(14)6-13-11(15)8-4-2-3-5-9(8)12(13)16/h2-5H,6-7H2,1H3. The lowest BCUT2D eigenvalue weighted by molar-refractivity contribution is -0.141. The smallest absolute Gasteiger partial charge is 0.327 e. The van der Waals surface area contributed by atoms with Gasteiger partial charge in [0, 0.05) is 0 Å². The van der Waals surface area contributed by atoms with E-state index in [4.69, 9.17) is 4.74 Å². The molecule has 1 aromatic carbocycles. The molecular weight excluding hydrogens is 254 g/mol. The molecule has 0 fully saturated rings. The quantitative estimate of drug-likeness (QED) is 0.464. The van der Waals surface area contributed by atoms with Crippen molar-refractivity contribution in [2.24, 2.45) is 0 Å². The molecule has 0 aliphatic carbocycles. The minimum Gasteiger partial charge on any atom is -0.453 e. The van der Waals surface area contributed by atoms with Gasteiger partial charge in [-0.15, -0.1) is 11.8 Å². The fourth-order valence-corrected chi connectivity index (χ4v) is 1.93. The molecule has 0 saturated heterocycles. The third-order valence-electron chi connectivity index (χ3n) is 2.50. The van der Waals surface area contributed by atoms with Crippen LogP contribution in [0, 0.1) is 0 Å². The zero-order chi connectivity index (χ0) is 13.1. The molecule has 0 N–H and O–H groups in total. The molecule has 1 aliphatic rings. The molecule has 18 heavy (non-hydrogen) atoms. The van der Waals surface area contributed by atoms with Crippen molar-refractivity contribution in [3.8, 4) is 0 Å². The van der Waals surface area contributed by atoms with E-state index in [2.05, 4.69) is 0 Å². The van der Waals surface area contributed by atoms with Gasteiger partial charge in [0.25, 0.3) is 11.8 Å². The summed E-state index contributed by atoms with van der Waals surface area (Å²) in [6.45, 7) is -0.340. The fourth-order valence-electron chi connectivity index (χ4n) is 1.68. The summed E-state index contributed by atoms with van der Waals surface area (Å²) in [6, 6.07) is 6.50. The van der Waals surface area contributed by atoms with Gasteiger partial charge in [-0.2, -0.15) is 0 Å². The first-order chi connectivity index (χ1) is 8.65. The lowest BCUT2D eigenvalue weighted by Gasteiger charge is -2.12. The molecule has 0 spiro atoms. The first-order valence-corrected chi connectivity index (χ1v) is 6.64. The Hall–Kier alpha value is -1.82. The maximum atomic E-state index is 11.9. The largest absolute Gasteiger partial charge is 0.453 e. The number of benzene rings is 1. The molecule has 1 aromatic rings. The van der Waals surface area contributed by atoms with Gasteiger partial charge in [-0.3, -0.25) is 19.3 Å². The number of hydrogen-bond donors (Lipinski definition) is 0. The van der Waals surface area contributed by atoms with Gasteiger partial charge >= 0.3 is 5.97 Å². The van der Waals surface area contributed by atoms with Gasteiger partial charge in [-0.05, 0) is 18.4 Å². The van der Waals surface area contributed by atoms with Crippen molar-refractivity contribution in [1.82, 2.24) is 4.90 Å². The van der Waals surface area contributed by atoms with Crippen molar-refractivity contribution < 1.29 is 19.1 Å². The predicted octanol–water partition coefficient (Wildman–Crippen LogP) is 1.15. The summed E-state index contributed by atoms with van der Waals surface area (Å²) in [5.74, 6) is -1.27. The SMILES string of the molecule is CSCOC(=O)CN1C(=O)c2ccccc2C1=O. The summed E-state index contributed by atoms with van der Waals surface area (Å²) >= 11 is 1.35. The van der Waals surface area contributed by atoms with Crippen molar-refractivity contribution in [1.29, 1.82) is 0 Å². The normalized spacial score (nSPS) is 13.7. The molecule has 2 rings (SSSR count). The highest BCUT2D eigenvalue weighted by molar-refractivity contribution is 7.98. The topological polar surface area (TPSA) is 63.7 Å². The Morgan fingerprint density at radius 1 is 1.22 bits per heavy atom. The fraction of sp³-hybridized carbons (Fsp3) is 0.250. The lowest BCUT2D eigenvalue weighted by atomic mass is 10.1. The molecule has 1 heterocycles. The van der Waals surface area contributed by atoms with E-state index in [1.54, 1.807) is 30.5 Å². The Bertz CT molecular complexity index is 480. The Kier molecular flexibility index (Phi) is 3.66. The summed E-state index contributed by atoms with van der Waals surface area (Å²) < 4.78 is 4.83. The van der Waals surface area contributed by atoms with Gasteiger partial charge in [0.2, 0.25) is 0 Å². The van der Waals surface area contributed by atoms with E-state index in [1.807, 2.05) is 0 Å². The molecule has 0 bridgehead atoms. The van der Waals surface area contributed by atoms with Crippen LogP contribution in [0.5, 0.6) is 0 Å². The van der Waals surface area contributed by atoms with Crippen LogP contribution < -0.4 is 0 Å². The number of ether oxygens (including phenoxy) is 1. The zero-order valence-corrected chi connectivity index (χ0v) is 10.5. The number of thioether (sulfide) groups is 1. The molecule has 0 atom stereocenters. The van der Waals surface area contributed by atoms with Gasteiger partial charge < -0.3 is 4.74 Å². The van der Waals surface area contributed by atoms with Crippen LogP contribution in [-0.4, -0.2) is 41.4 Å². The molecule has 0 unspecified atom stereocenters. The van der Waals surface area contributed by atoms with Crippen LogP contribution in [-0.2, 0) is 9.53 Å². The van der Waals surface area contributed by atoms with E-state index >= 15 is 0 Å². The number of imide groups is 1. The van der Waals surface area contributed by atoms with Crippen molar-refractivity contribution in [3.05, 3.63) is 35.4 Å². The second kappa shape index (κ2) is 5.22. The molecular formula is C12H11NO4S. The van der Waals surface area contributed by atoms with Crippen LogP contribution in [0.15, 0.2) is 24.3 Å². The monoisotopic (exact) mass is 265 g/mol. The van der Waals surface area contributed by atoms with Crippen LogP contribution >= 0.6 is 11.8 Å². The van der Waals surface area contributed by atoms with Crippen LogP contribution in [0.4, 0.5) is 0 Å². The van der Waals surface area contributed by atoms with Crippen LogP contribution in [0.3, 0.4) is 0 Å². The summed E-state index contributed by atoms with van der Waals surface area (Å²) in [7, 11) is 0. The van der Waals surface area contributed by atoms with E-state index in [9.17, 15) is 14.4 Å². The molecule has 5 nitrogen and oxygen atoms in total. The highest BCUT2D eigenvalue weighted by atomic mass is 32.2. The Morgan fingerprint density at radius 2 is 1.78 bits per heavy atom. The van der Waals surface area contributed by atoms with Gasteiger partial charge in [0.05, 0.1) is 11.1 Å². The number of hydrogen-bond acceptors (Lipinski definition) is 5. The van der Waals surface area contributed by atoms with Crippen molar-refractivity contribution in [2.45, 2.75) is 0 Å². The van der Waals surface area contributed by atoms with Gasteiger partial charge in [-0.1, -0.05) is 12.1 Å². The average molecular weight is 265 g/mol. The highest BCUT2D eigenvalue weighted by Crippen LogP contribution is 2.22. The Morgan fingerprint density at radius 3 is 2.28 bits per heavy atom. The van der Waals surface area contributed by atoms with Gasteiger partial charge in [0.15, 0.2) is 0 Å². The Balaban J connectivity index is 2.11. The maximum absolute atomic E-state index is 11.9. The number of carbonyl (C=O) groups excluding carboxylic acids is 3. The van der Waals surface area contributed by atoms with E-state index in [-0.39, 0.29) is 12.5 Å². The molecule has 94 valence electrons. The number of esters is 1. The van der Waals surface area contributed by atoms with Crippen LogP contribution in [0.2, 0.25) is 0 Å². The van der Waals surface area contributed by atoms with Crippen molar-refractivity contribution >= 4 is 29.5 Å².